The highest BCUT2D eigenvalue weighted by atomic mass is 32.1. The van der Waals surface area contributed by atoms with E-state index in [1.54, 1.807) is 0 Å². The first-order valence-corrected chi connectivity index (χ1v) is 21.6. The molecular formula is C56H43NS. The van der Waals surface area contributed by atoms with Gasteiger partial charge in [-0.15, -0.1) is 11.3 Å². The molecule has 0 bridgehead atoms. The first-order chi connectivity index (χ1) is 28.8. The Balaban J connectivity index is 1.07. The molecule has 10 aromatic rings. The number of fused-ring (bicyclic) bond motifs is 6. The normalized spacial score (nSPS) is 13.4. The molecule has 1 aromatic heterocycles. The summed E-state index contributed by atoms with van der Waals surface area (Å²) in [7, 11) is 0. The van der Waals surface area contributed by atoms with Gasteiger partial charge in [0.1, 0.15) is 0 Å². The van der Waals surface area contributed by atoms with Crippen molar-refractivity contribution in [1.29, 1.82) is 0 Å². The van der Waals surface area contributed by atoms with Gasteiger partial charge >= 0.3 is 0 Å². The maximum Gasteiger partial charge on any atom is 0.0476 e. The molecule has 1 aliphatic rings. The summed E-state index contributed by atoms with van der Waals surface area (Å²) >= 11 is 1.88. The lowest BCUT2D eigenvalue weighted by Crippen LogP contribution is -2.10. The first kappa shape index (κ1) is 34.7. The van der Waals surface area contributed by atoms with Crippen LogP contribution in [-0.4, -0.2) is 0 Å². The zero-order valence-electron chi connectivity index (χ0n) is 32.4. The van der Waals surface area contributed by atoms with E-state index in [9.17, 15) is 0 Å². The second-order valence-corrected chi connectivity index (χ2v) is 17.0. The maximum atomic E-state index is 2.44. The average molecular weight is 762 g/mol. The Labute approximate surface area is 344 Å². The molecule has 1 saturated carbocycles. The monoisotopic (exact) mass is 761 g/mol. The Kier molecular flexibility index (Phi) is 8.86. The standard InChI is InChI=1S/C56H43NS/c1-3-14-38(15-4-1)39-26-30-43(31-27-39)57(45-34-35-51-50-22-11-12-25-54(50)58-55(51)37-45)44-32-28-41(29-33-44)56-47(40-16-5-2-6-17-40)23-13-24-52(56)53-36-42-18-7-8-19-46(42)48-20-9-10-21-49(48)53/h2,5-13,16-38H,1,3-4,14-15H2. The number of hydrogen-bond donors (Lipinski definition) is 0. The topological polar surface area (TPSA) is 3.24 Å². The number of anilines is 3. The van der Waals surface area contributed by atoms with Crippen LogP contribution in [0.5, 0.6) is 0 Å². The van der Waals surface area contributed by atoms with Crippen molar-refractivity contribution in [3.63, 3.8) is 0 Å². The minimum absolute atomic E-state index is 0.670. The summed E-state index contributed by atoms with van der Waals surface area (Å²) in [6, 6.07) is 72.3. The number of hydrogen-bond acceptors (Lipinski definition) is 2. The lowest BCUT2D eigenvalue weighted by Gasteiger charge is -2.27. The number of thiophene rings is 1. The van der Waals surface area contributed by atoms with Crippen LogP contribution >= 0.6 is 11.3 Å². The molecule has 1 nitrogen and oxygen atoms in total. The minimum Gasteiger partial charge on any atom is -0.310 e. The van der Waals surface area contributed by atoms with Crippen molar-refractivity contribution in [3.8, 4) is 33.4 Å². The van der Waals surface area contributed by atoms with Gasteiger partial charge in [0.25, 0.3) is 0 Å². The van der Waals surface area contributed by atoms with Crippen LogP contribution < -0.4 is 4.90 Å². The molecule has 0 radical (unpaired) electrons. The minimum atomic E-state index is 0.670. The molecular weight excluding hydrogens is 719 g/mol. The Bertz CT molecular complexity index is 3080. The zero-order valence-corrected chi connectivity index (χ0v) is 33.3. The van der Waals surface area contributed by atoms with E-state index in [0.717, 1.165) is 5.69 Å². The van der Waals surface area contributed by atoms with E-state index in [0.29, 0.717) is 5.92 Å². The van der Waals surface area contributed by atoms with Gasteiger partial charge in [0.05, 0.1) is 0 Å². The molecule has 0 unspecified atom stereocenters. The third-order valence-corrected chi connectivity index (χ3v) is 13.6. The highest BCUT2D eigenvalue weighted by Gasteiger charge is 2.21. The van der Waals surface area contributed by atoms with Crippen LogP contribution in [0.2, 0.25) is 0 Å². The zero-order chi connectivity index (χ0) is 38.4. The molecule has 0 spiro atoms. The highest BCUT2D eigenvalue weighted by molar-refractivity contribution is 7.25. The summed E-state index contributed by atoms with van der Waals surface area (Å²) in [5.41, 5.74) is 12.3. The lowest BCUT2D eigenvalue weighted by atomic mass is 9.84. The molecule has 0 atom stereocenters. The molecule has 0 N–H and O–H groups in total. The fourth-order valence-corrected chi connectivity index (χ4v) is 10.8. The highest BCUT2D eigenvalue weighted by Crippen LogP contribution is 2.46. The molecule has 58 heavy (non-hydrogen) atoms. The molecule has 9 aromatic carbocycles. The smallest absolute Gasteiger partial charge is 0.0476 e. The predicted molar refractivity (Wildman–Crippen MR) is 251 cm³/mol. The second-order valence-electron chi connectivity index (χ2n) is 15.9. The van der Waals surface area contributed by atoms with Gasteiger partial charge in [-0.05, 0) is 128 Å². The quantitative estimate of drug-likeness (QED) is 0.146. The average Bonchev–Trinajstić information content (AvgIpc) is 3.68. The largest absolute Gasteiger partial charge is 0.310 e. The Hall–Kier alpha value is -6.48. The van der Waals surface area contributed by atoms with Crippen LogP contribution in [0.15, 0.2) is 194 Å². The summed E-state index contributed by atoms with van der Waals surface area (Å²) in [6.45, 7) is 0. The van der Waals surface area contributed by atoms with E-state index in [2.05, 4.69) is 199 Å². The molecule has 1 fully saturated rings. The van der Waals surface area contributed by atoms with Gasteiger partial charge in [0.15, 0.2) is 0 Å². The van der Waals surface area contributed by atoms with Gasteiger partial charge in [0, 0.05) is 37.2 Å². The van der Waals surface area contributed by atoms with Crippen LogP contribution in [0.3, 0.4) is 0 Å². The number of nitrogens with zero attached hydrogens (tertiary/aromatic N) is 1. The SMILES string of the molecule is c1ccc(-c2cccc(-c3cc4ccccc4c4ccccc34)c2-c2ccc(N(c3ccc(C4CCCCC4)cc3)c3ccc4c(c3)sc3ccccc34)cc2)cc1. The molecule has 0 amide bonds. The van der Waals surface area contributed by atoms with Crippen LogP contribution in [0.4, 0.5) is 17.1 Å². The lowest BCUT2D eigenvalue weighted by molar-refractivity contribution is 0.443. The Morgan fingerprint density at radius 3 is 1.79 bits per heavy atom. The molecule has 2 heteroatoms. The molecule has 0 saturated heterocycles. The van der Waals surface area contributed by atoms with Crippen molar-refractivity contribution in [2.75, 3.05) is 4.90 Å². The van der Waals surface area contributed by atoms with Crippen LogP contribution in [0.25, 0.3) is 75.1 Å². The van der Waals surface area contributed by atoms with Crippen molar-refractivity contribution in [3.05, 3.63) is 200 Å². The first-order valence-electron chi connectivity index (χ1n) is 20.8. The molecule has 1 aliphatic carbocycles. The summed E-state index contributed by atoms with van der Waals surface area (Å²) in [5, 5.41) is 7.73. The second kappa shape index (κ2) is 14.8. The van der Waals surface area contributed by atoms with Crippen molar-refractivity contribution in [2.45, 2.75) is 38.0 Å². The van der Waals surface area contributed by atoms with Gasteiger partial charge in [0.2, 0.25) is 0 Å². The van der Waals surface area contributed by atoms with Crippen LogP contribution in [-0.2, 0) is 0 Å². The van der Waals surface area contributed by atoms with Crippen molar-refractivity contribution >= 4 is 70.1 Å². The molecule has 0 aliphatic heterocycles. The van der Waals surface area contributed by atoms with Crippen LogP contribution in [0.1, 0.15) is 43.6 Å². The summed E-state index contributed by atoms with van der Waals surface area (Å²) < 4.78 is 2.64. The summed E-state index contributed by atoms with van der Waals surface area (Å²) in [6.07, 6.45) is 6.65. The van der Waals surface area contributed by atoms with E-state index in [-0.39, 0.29) is 0 Å². The van der Waals surface area contributed by atoms with Gasteiger partial charge in [-0.25, -0.2) is 0 Å². The van der Waals surface area contributed by atoms with E-state index < -0.39 is 0 Å². The summed E-state index contributed by atoms with van der Waals surface area (Å²) in [4.78, 5) is 2.44. The predicted octanol–water partition coefficient (Wildman–Crippen LogP) is 16.9. The fourth-order valence-electron chi connectivity index (χ4n) is 9.63. The Morgan fingerprint density at radius 2 is 1.00 bits per heavy atom. The van der Waals surface area contributed by atoms with Crippen molar-refractivity contribution < 1.29 is 0 Å². The van der Waals surface area contributed by atoms with E-state index >= 15 is 0 Å². The van der Waals surface area contributed by atoms with E-state index in [1.165, 1.54) is 124 Å². The van der Waals surface area contributed by atoms with Gasteiger partial charge < -0.3 is 4.90 Å². The maximum absolute atomic E-state index is 2.44. The fraction of sp³-hybridized carbons (Fsp3) is 0.107. The Morgan fingerprint density at radius 1 is 0.379 bits per heavy atom. The molecule has 11 rings (SSSR count). The third kappa shape index (κ3) is 6.16. The van der Waals surface area contributed by atoms with E-state index in [4.69, 9.17) is 0 Å². The summed E-state index contributed by atoms with van der Waals surface area (Å²) in [5.74, 6) is 0.670. The van der Waals surface area contributed by atoms with Gasteiger partial charge in [-0.1, -0.05) is 165 Å². The van der Waals surface area contributed by atoms with Gasteiger partial charge in [-0.2, -0.15) is 0 Å². The van der Waals surface area contributed by atoms with Crippen LogP contribution in [0, 0.1) is 0 Å². The molecule has 278 valence electrons. The van der Waals surface area contributed by atoms with Crippen molar-refractivity contribution in [1.82, 2.24) is 0 Å². The third-order valence-electron chi connectivity index (χ3n) is 12.5. The molecule has 1 heterocycles. The van der Waals surface area contributed by atoms with Crippen molar-refractivity contribution in [2.24, 2.45) is 0 Å². The van der Waals surface area contributed by atoms with E-state index in [1.807, 2.05) is 11.3 Å². The number of benzene rings is 9. The number of rotatable bonds is 7. The van der Waals surface area contributed by atoms with Gasteiger partial charge in [-0.3, -0.25) is 0 Å².